The number of fused-ring (bicyclic) bond motifs is 3. The lowest BCUT2D eigenvalue weighted by Gasteiger charge is -2.17. The van der Waals surface area contributed by atoms with Gasteiger partial charge in [-0.15, -0.1) is 11.3 Å². The number of carbonyl (C=O) groups is 1. The number of hydrogen-bond donors (Lipinski definition) is 0. The first-order chi connectivity index (χ1) is 11.1. The van der Waals surface area contributed by atoms with Crippen molar-refractivity contribution in [3.8, 4) is 5.75 Å². The second-order valence-electron chi connectivity index (χ2n) is 5.97. The van der Waals surface area contributed by atoms with Crippen LogP contribution in [0.3, 0.4) is 0 Å². The average Bonchev–Trinajstić information content (AvgIpc) is 3.14. The van der Waals surface area contributed by atoms with Gasteiger partial charge in [-0.05, 0) is 30.7 Å². The molecule has 23 heavy (non-hydrogen) atoms. The number of aryl methyl sites for hydroxylation is 2. The Morgan fingerprint density at radius 1 is 1.30 bits per heavy atom. The molecule has 0 atom stereocenters. The zero-order valence-electron chi connectivity index (χ0n) is 13.4. The quantitative estimate of drug-likeness (QED) is 0.735. The number of thiophene rings is 1. The third-order valence-corrected chi connectivity index (χ3v) is 5.54. The van der Waals surface area contributed by atoms with Crippen molar-refractivity contribution in [1.29, 1.82) is 0 Å². The molecule has 0 bridgehead atoms. The summed E-state index contributed by atoms with van der Waals surface area (Å²) >= 11 is 1.78. The minimum Gasteiger partial charge on any atom is -0.497 e. The van der Waals surface area contributed by atoms with E-state index in [4.69, 9.17) is 4.74 Å². The van der Waals surface area contributed by atoms with Gasteiger partial charge in [0.2, 0.25) is 0 Å². The fourth-order valence-electron chi connectivity index (χ4n) is 3.35. The second-order valence-corrected chi connectivity index (χ2v) is 7.23. The van der Waals surface area contributed by atoms with Crippen LogP contribution in [0.2, 0.25) is 0 Å². The van der Waals surface area contributed by atoms with Crippen LogP contribution < -0.4 is 4.74 Å². The molecule has 0 radical (unpaired) electrons. The molecule has 5 heteroatoms. The van der Waals surface area contributed by atoms with Crippen molar-refractivity contribution >= 4 is 27.5 Å². The van der Waals surface area contributed by atoms with Crippen molar-refractivity contribution in [1.82, 2.24) is 9.47 Å². The van der Waals surface area contributed by atoms with E-state index in [1.165, 1.54) is 20.7 Å². The van der Waals surface area contributed by atoms with Crippen molar-refractivity contribution < 1.29 is 9.53 Å². The first-order valence-corrected chi connectivity index (χ1v) is 8.40. The molecule has 0 aliphatic carbocycles. The predicted octanol–water partition coefficient (Wildman–Crippen LogP) is 3.71. The van der Waals surface area contributed by atoms with Gasteiger partial charge in [-0.1, -0.05) is 12.1 Å². The fourth-order valence-corrected chi connectivity index (χ4v) is 4.42. The third kappa shape index (κ3) is 2.15. The molecule has 0 N–H and O–H groups in total. The van der Waals surface area contributed by atoms with Crippen LogP contribution >= 0.6 is 11.3 Å². The number of aromatic nitrogens is 1. The minimum atomic E-state index is 0.117. The van der Waals surface area contributed by atoms with Gasteiger partial charge in [0.05, 0.1) is 23.9 Å². The van der Waals surface area contributed by atoms with Crippen LogP contribution in [0, 0.1) is 6.92 Å². The SMILES string of the molecule is COc1cccc(CN2Cc3c(n(C)c4cc(C)sc34)C2=O)c1. The summed E-state index contributed by atoms with van der Waals surface area (Å²) in [6.45, 7) is 3.40. The number of carbonyl (C=O) groups excluding carboxylic acids is 1. The predicted molar refractivity (Wildman–Crippen MR) is 92.1 cm³/mol. The maximum atomic E-state index is 12.8. The third-order valence-electron chi connectivity index (χ3n) is 4.44. The molecule has 2 aromatic heterocycles. The Balaban J connectivity index is 1.68. The molecule has 0 unspecified atom stereocenters. The van der Waals surface area contributed by atoms with Crippen LogP contribution in [0.4, 0.5) is 0 Å². The van der Waals surface area contributed by atoms with Gasteiger partial charge in [0.1, 0.15) is 11.4 Å². The number of hydrogen-bond acceptors (Lipinski definition) is 3. The molecule has 0 spiro atoms. The topological polar surface area (TPSA) is 34.5 Å². The van der Waals surface area contributed by atoms with Crippen molar-refractivity contribution in [3.05, 3.63) is 52.0 Å². The normalized spacial score (nSPS) is 13.9. The Bertz CT molecular complexity index is 923. The highest BCUT2D eigenvalue weighted by Crippen LogP contribution is 2.38. The van der Waals surface area contributed by atoms with Gasteiger partial charge in [-0.25, -0.2) is 0 Å². The Hall–Kier alpha value is -2.27. The fraction of sp³-hybridized carbons (Fsp3) is 0.278. The smallest absolute Gasteiger partial charge is 0.271 e. The van der Waals surface area contributed by atoms with E-state index in [1.807, 2.05) is 40.8 Å². The van der Waals surface area contributed by atoms with Gasteiger partial charge in [-0.3, -0.25) is 4.79 Å². The Kier molecular flexibility index (Phi) is 3.20. The standard InChI is InChI=1S/C18H18N2O2S/c1-11-7-15-17(23-11)14-10-20(18(21)16(14)19(15)2)9-12-5-4-6-13(8-12)22-3/h4-8H,9-10H2,1-3H3. The monoisotopic (exact) mass is 326 g/mol. The summed E-state index contributed by atoms with van der Waals surface area (Å²) in [5, 5.41) is 0. The highest BCUT2D eigenvalue weighted by Gasteiger charge is 2.33. The van der Waals surface area contributed by atoms with E-state index in [0.29, 0.717) is 13.1 Å². The number of methoxy groups -OCH3 is 1. The summed E-state index contributed by atoms with van der Waals surface area (Å²) in [6.07, 6.45) is 0. The van der Waals surface area contributed by atoms with Crippen molar-refractivity contribution in [2.75, 3.05) is 7.11 Å². The maximum Gasteiger partial charge on any atom is 0.271 e. The molecule has 0 saturated heterocycles. The molecule has 1 aliphatic rings. The lowest BCUT2D eigenvalue weighted by Crippen LogP contribution is -2.24. The molecule has 0 fully saturated rings. The molecular formula is C18H18N2O2S. The van der Waals surface area contributed by atoms with E-state index < -0.39 is 0 Å². The Morgan fingerprint density at radius 3 is 2.91 bits per heavy atom. The molecule has 4 rings (SSSR count). The molecule has 118 valence electrons. The number of amides is 1. The van der Waals surface area contributed by atoms with Gasteiger partial charge in [0.25, 0.3) is 5.91 Å². The number of rotatable bonds is 3. The number of benzene rings is 1. The van der Waals surface area contributed by atoms with E-state index >= 15 is 0 Å². The van der Waals surface area contributed by atoms with E-state index in [-0.39, 0.29) is 5.91 Å². The minimum absolute atomic E-state index is 0.117. The molecule has 1 aliphatic heterocycles. The van der Waals surface area contributed by atoms with E-state index in [0.717, 1.165) is 17.0 Å². The van der Waals surface area contributed by atoms with Crippen LogP contribution in [-0.4, -0.2) is 22.5 Å². The Morgan fingerprint density at radius 2 is 2.13 bits per heavy atom. The van der Waals surface area contributed by atoms with Crippen molar-refractivity contribution in [2.45, 2.75) is 20.0 Å². The lowest BCUT2D eigenvalue weighted by atomic mass is 10.2. The number of nitrogens with zero attached hydrogens (tertiary/aromatic N) is 2. The maximum absolute atomic E-state index is 12.8. The Labute approximate surface area is 138 Å². The van der Waals surface area contributed by atoms with Gasteiger partial charge < -0.3 is 14.2 Å². The summed E-state index contributed by atoms with van der Waals surface area (Å²) in [5.41, 5.74) is 4.28. The molecule has 4 nitrogen and oxygen atoms in total. The first-order valence-electron chi connectivity index (χ1n) is 7.58. The van der Waals surface area contributed by atoms with Crippen LogP contribution in [0.1, 0.15) is 26.5 Å². The molecule has 0 saturated carbocycles. The van der Waals surface area contributed by atoms with Gasteiger partial charge in [0, 0.05) is 24.0 Å². The van der Waals surface area contributed by atoms with Crippen LogP contribution in [0.25, 0.3) is 10.2 Å². The molecular weight excluding hydrogens is 308 g/mol. The van der Waals surface area contributed by atoms with Crippen LogP contribution in [-0.2, 0) is 20.1 Å². The van der Waals surface area contributed by atoms with E-state index in [1.54, 1.807) is 18.4 Å². The molecule has 3 heterocycles. The zero-order valence-corrected chi connectivity index (χ0v) is 14.2. The summed E-state index contributed by atoms with van der Waals surface area (Å²) in [5.74, 6) is 0.939. The van der Waals surface area contributed by atoms with Crippen LogP contribution in [0.15, 0.2) is 30.3 Å². The molecule has 1 amide bonds. The number of ether oxygens (including phenoxy) is 1. The first kappa shape index (κ1) is 14.3. The summed E-state index contributed by atoms with van der Waals surface area (Å²) in [6, 6.07) is 10.1. The zero-order chi connectivity index (χ0) is 16.1. The average molecular weight is 326 g/mol. The van der Waals surface area contributed by atoms with Gasteiger partial charge in [-0.2, -0.15) is 0 Å². The molecule has 3 aromatic rings. The molecule has 1 aromatic carbocycles. The highest BCUT2D eigenvalue weighted by atomic mass is 32.1. The highest BCUT2D eigenvalue weighted by molar-refractivity contribution is 7.19. The van der Waals surface area contributed by atoms with E-state index in [2.05, 4.69) is 13.0 Å². The van der Waals surface area contributed by atoms with Crippen molar-refractivity contribution in [3.63, 3.8) is 0 Å². The summed E-state index contributed by atoms with van der Waals surface area (Å²) in [7, 11) is 3.64. The summed E-state index contributed by atoms with van der Waals surface area (Å²) in [4.78, 5) is 16.0. The largest absolute Gasteiger partial charge is 0.497 e. The van der Waals surface area contributed by atoms with Gasteiger partial charge >= 0.3 is 0 Å². The summed E-state index contributed by atoms with van der Waals surface area (Å²) < 4.78 is 8.56. The van der Waals surface area contributed by atoms with Gasteiger partial charge in [0.15, 0.2) is 0 Å². The second kappa shape index (κ2) is 5.13. The van der Waals surface area contributed by atoms with E-state index in [9.17, 15) is 4.79 Å². The van der Waals surface area contributed by atoms with Crippen LogP contribution in [0.5, 0.6) is 5.75 Å². The van der Waals surface area contributed by atoms with Crippen molar-refractivity contribution in [2.24, 2.45) is 7.05 Å². The lowest BCUT2D eigenvalue weighted by molar-refractivity contribution is 0.0759.